The Hall–Kier alpha value is -1.69. The highest BCUT2D eigenvalue weighted by Gasteiger charge is 1.94. The molecule has 12 heavy (non-hydrogen) atoms. The van der Waals surface area contributed by atoms with E-state index in [4.69, 9.17) is 12.2 Å². The van der Waals surface area contributed by atoms with E-state index < -0.39 is 0 Å². The maximum atomic E-state index is 5.63. The molecule has 0 atom stereocenters. The van der Waals surface area contributed by atoms with Crippen LogP contribution in [0.3, 0.4) is 0 Å². The first-order chi connectivity index (χ1) is 5.84. The van der Waals surface area contributed by atoms with Crippen LogP contribution >= 0.6 is 0 Å². The summed E-state index contributed by atoms with van der Waals surface area (Å²) in [7, 11) is 0. The number of hydrogen-bond acceptors (Lipinski definition) is 3. The summed E-state index contributed by atoms with van der Waals surface area (Å²) in [5, 5.41) is 3.11. The highest BCUT2D eigenvalue weighted by Crippen LogP contribution is 2.14. The number of aromatic nitrogens is 1. The summed E-state index contributed by atoms with van der Waals surface area (Å²) in [5.41, 5.74) is 7.16. The molecule has 3 heteroatoms. The van der Waals surface area contributed by atoms with Crippen molar-refractivity contribution >= 4 is 11.4 Å². The average molecular weight is 161 g/mol. The molecular weight excluding hydrogens is 150 g/mol. The van der Waals surface area contributed by atoms with Crippen molar-refractivity contribution in [2.75, 3.05) is 17.6 Å². The first-order valence-electron chi connectivity index (χ1n) is 3.71. The van der Waals surface area contributed by atoms with E-state index in [2.05, 4.69) is 16.2 Å². The third-order valence-electron chi connectivity index (χ3n) is 1.44. The normalized spacial score (nSPS) is 8.92. The molecule has 0 aliphatic heterocycles. The molecule has 0 aliphatic carbocycles. The third-order valence-corrected chi connectivity index (χ3v) is 1.44. The maximum absolute atomic E-state index is 5.63. The quantitative estimate of drug-likeness (QED) is 0.515. The minimum atomic E-state index is 0.648. The number of terminal acetylenes is 1. The molecule has 0 saturated heterocycles. The zero-order valence-electron chi connectivity index (χ0n) is 6.75. The maximum Gasteiger partial charge on any atom is 0.0736 e. The van der Waals surface area contributed by atoms with Crippen molar-refractivity contribution in [3.63, 3.8) is 0 Å². The molecule has 0 aromatic carbocycles. The van der Waals surface area contributed by atoms with Crippen molar-refractivity contribution in [3.05, 3.63) is 18.5 Å². The van der Waals surface area contributed by atoms with Crippen LogP contribution in [0.4, 0.5) is 11.4 Å². The molecule has 1 heterocycles. The smallest absolute Gasteiger partial charge is 0.0736 e. The first-order valence-corrected chi connectivity index (χ1v) is 3.71. The predicted molar refractivity (Wildman–Crippen MR) is 50.6 cm³/mol. The van der Waals surface area contributed by atoms with E-state index in [-0.39, 0.29) is 0 Å². The first kappa shape index (κ1) is 8.41. The Bertz CT molecular complexity index is 288. The molecule has 0 spiro atoms. The Balaban J connectivity index is 2.53. The fourth-order valence-electron chi connectivity index (χ4n) is 0.837. The second-order valence-corrected chi connectivity index (χ2v) is 2.34. The predicted octanol–water partition coefficient (Wildman–Crippen LogP) is 1.10. The number of pyridine rings is 1. The molecule has 0 bridgehead atoms. The summed E-state index contributed by atoms with van der Waals surface area (Å²) < 4.78 is 0. The molecule has 3 nitrogen and oxygen atoms in total. The number of anilines is 2. The lowest BCUT2D eigenvalue weighted by Gasteiger charge is -2.05. The number of nitrogens with one attached hydrogen (secondary N) is 1. The molecule has 3 N–H and O–H groups in total. The van der Waals surface area contributed by atoms with Crippen LogP contribution in [0.5, 0.6) is 0 Å². The largest absolute Gasteiger partial charge is 0.396 e. The van der Waals surface area contributed by atoms with Gasteiger partial charge in [0.25, 0.3) is 0 Å². The van der Waals surface area contributed by atoms with Crippen molar-refractivity contribution in [1.82, 2.24) is 4.98 Å². The van der Waals surface area contributed by atoms with Crippen molar-refractivity contribution < 1.29 is 0 Å². The fraction of sp³-hybridized carbons (Fsp3) is 0.222. The van der Waals surface area contributed by atoms with Crippen LogP contribution in [0.15, 0.2) is 18.5 Å². The molecule has 62 valence electrons. The van der Waals surface area contributed by atoms with E-state index in [1.807, 2.05) is 6.07 Å². The van der Waals surface area contributed by atoms with Crippen LogP contribution in [0.25, 0.3) is 0 Å². The molecule has 0 aliphatic rings. The van der Waals surface area contributed by atoms with Gasteiger partial charge in [0.15, 0.2) is 0 Å². The van der Waals surface area contributed by atoms with Gasteiger partial charge in [0, 0.05) is 19.2 Å². The van der Waals surface area contributed by atoms with Gasteiger partial charge in [0.05, 0.1) is 17.6 Å². The van der Waals surface area contributed by atoms with Crippen molar-refractivity contribution in [2.45, 2.75) is 6.42 Å². The standard InChI is InChI=1S/C9H11N3/c1-2-3-5-12-9-4-6-11-7-8(9)10/h1,4,6-7H,3,5,10H2,(H,11,12). The lowest BCUT2D eigenvalue weighted by Crippen LogP contribution is -2.03. The lowest BCUT2D eigenvalue weighted by molar-refractivity contribution is 1.10. The molecule has 0 radical (unpaired) electrons. The summed E-state index contributed by atoms with van der Waals surface area (Å²) in [4.78, 5) is 3.87. The zero-order chi connectivity index (χ0) is 8.81. The molecule has 1 aromatic heterocycles. The van der Waals surface area contributed by atoms with Crippen LogP contribution in [-0.4, -0.2) is 11.5 Å². The number of nitrogens with zero attached hydrogens (tertiary/aromatic N) is 1. The number of hydrogen-bond donors (Lipinski definition) is 2. The zero-order valence-corrected chi connectivity index (χ0v) is 6.75. The van der Waals surface area contributed by atoms with Gasteiger partial charge >= 0.3 is 0 Å². The van der Waals surface area contributed by atoms with Gasteiger partial charge in [-0.3, -0.25) is 4.98 Å². The van der Waals surface area contributed by atoms with E-state index in [1.165, 1.54) is 0 Å². The van der Waals surface area contributed by atoms with Crippen LogP contribution in [-0.2, 0) is 0 Å². The Morgan fingerprint density at radius 3 is 3.17 bits per heavy atom. The van der Waals surface area contributed by atoms with Gasteiger partial charge < -0.3 is 11.1 Å². The van der Waals surface area contributed by atoms with Gasteiger partial charge in [-0.25, -0.2) is 0 Å². The average Bonchev–Trinajstić information content (AvgIpc) is 2.09. The Morgan fingerprint density at radius 1 is 1.67 bits per heavy atom. The second kappa shape index (κ2) is 4.24. The van der Waals surface area contributed by atoms with E-state index in [0.29, 0.717) is 12.1 Å². The van der Waals surface area contributed by atoms with Crippen molar-refractivity contribution in [3.8, 4) is 12.3 Å². The van der Waals surface area contributed by atoms with E-state index >= 15 is 0 Å². The minimum Gasteiger partial charge on any atom is -0.396 e. The molecule has 0 saturated carbocycles. The van der Waals surface area contributed by atoms with Gasteiger partial charge in [-0.05, 0) is 6.07 Å². The Kier molecular flexibility index (Phi) is 2.97. The second-order valence-electron chi connectivity index (χ2n) is 2.34. The summed E-state index contributed by atoms with van der Waals surface area (Å²) >= 11 is 0. The summed E-state index contributed by atoms with van der Waals surface area (Å²) in [6.45, 7) is 0.741. The molecule has 0 amide bonds. The van der Waals surface area contributed by atoms with Crippen LogP contribution in [0.2, 0.25) is 0 Å². The molecule has 0 fully saturated rings. The van der Waals surface area contributed by atoms with E-state index in [1.54, 1.807) is 12.4 Å². The molecule has 0 unspecified atom stereocenters. The van der Waals surface area contributed by atoms with E-state index in [9.17, 15) is 0 Å². The van der Waals surface area contributed by atoms with Crippen molar-refractivity contribution in [2.24, 2.45) is 0 Å². The molecule has 1 rings (SSSR count). The highest BCUT2D eigenvalue weighted by molar-refractivity contribution is 5.64. The Labute approximate surface area is 72.0 Å². The van der Waals surface area contributed by atoms with Gasteiger partial charge in [-0.1, -0.05) is 0 Å². The van der Waals surface area contributed by atoms with Crippen LogP contribution in [0.1, 0.15) is 6.42 Å². The Morgan fingerprint density at radius 2 is 2.50 bits per heavy atom. The molecular formula is C9H11N3. The summed E-state index contributed by atoms with van der Waals surface area (Å²) in [6.07, 6.45) is 9.09. The van der Waals surface area contributed by atoms with Gasteiger partial charge in [-0.15, -0.1) is 12.3 Å². The topological polar surface area (TPSA) is 50.9 Å². The van der Waals surface area contributed by atoms with Gasteiger partial charge in [-0.2, -0.15) is 0 Å². The number of nitrogen functional groups attached to an aromatic ring is 1. The van der Waals surface area contributed by atoms with Gasteiger partial charge in [0.1, 0.15) is 0 Å². The number of rotatable bonds is 3. The van der Waals surface area contributed by atoms with Crippen LogP contribution < -0.4 is 11.1 Å². The highest BCUT2D eigenvalue weighted by atomic mass is 14.9. The van der Waals surface area contributed by atoms with Crippen LogP contribution in [0, 0.1) is 12.3 Å². The van der Waals surface area contributed by atoms with Crippen molar-refractivity contribution in [1.29, 1.82) is 0 Å². The monoisotopic (exact) mass is 161 g/mol. The lowest BCUT2D eigenvalue weighted by atomic mass is 10.3. The third kappa shape index (κ3) is 2.17. The summed E-state index contributed by atoms with van der Waals surface area (Å²) in [5.74, 6) is 2.54. The van der Waals surface area contributed by atoms with E-state index in [0.717, 1.165) is 12.2 Å². The number of nitrogens with two attached hydrogens (primary N) is 1. The fourth-order valence-corrected chi connectivity index (χ4v) is 0.837. The van der Waals surface area contributed by atoms with Gasteiger partial charge in [0.2, 0.25) is 0 Å². The SMILES string of the molecule is C#CCCNc1ccncc1N. The molecule has 1 aromatic rings. The minimum absolute atomic E-state index is 0.648. The summed E-state index contributed by atoms with van der Waals surface area (Å²) in [6, 6.07) is 1.83.